The molecule has 0 aliphatic rings. The van der Waals surface area contributed by atoms with E-state index in [1.165, 1.54) is 18.1 Å². The van der Waals surface area contributed by atoms with E-state index in [-0.39, 0.29) is 11.4 Å². The van der Waals surface area contributed by atoms with Crippen LogP contribution in [0.5, 0.6) is 0 Å². The molecule has 0 aliphatic heterocycles. The van der Waals surface area contributed by atoms with E-state index in [4.69, 9.17) is 0 Å². The second kappa shape index (κ2) is 6.53. The number of hydrogen-bond donors (Lipinski definition) is 1. The molecule has 0 aromatic heterocycles. The first-order chi connectivity index (χ1) is 8.92. The van der Waals surface area contributed by atoms with Gasteiger partial charge in [0.05, 0.1) is 12.8 Å². The Morgan fingerprint density at radius 2 is 2.00 bits per heavy atom. The van der Waals surface area contributed by atoms with E-state index in [9.17, 15) is 13.2 Å². The summed E-state index contributed by atoms with van der Waals surface area (Å²) in [6, 6.07) is 6.50. The van der Waals surface area contributed by atoms with Crippen molar-refractivity contribution in [1.29, 1.82) is 0 Å². The number of likely N-dealkylation sites (N-methyl/N-ethyl adjacent to an activating group) is 1. The van der Waals surface area contributed by atoms with Crippen molar-refractivity contribution in [2.45, 2.75) is 11.8 Å². The fourth-order valence-electron chi connectivity index (χ4n) is 1.61. The maximum atomic E-state index is 12.1. The Hall–Kier alpha value is -1.60. The average molecular weight is 286 g/mol. The highest BCUT2D eigenvalue weighted by Gasteiger charge is 2.20. The molecular formula is C12H18N2O4S. The van der Waals surface area contributed by atoms with Crippen molar-refractivity contribution in [3.05, 3.63) is 24.3 Å². The van der Waals surface area contributed by atoms with Crippen molar-refractivity contribution >= 4 is 21.7 Å². The third-order valence-electron chi connectivity index (χ3n) is 2.49. The van der Waals surface area contributed by atoms with Crippen LogP contribution >= 0.6 is 0 Å². The molecule has 19 heavy (non-hydrogen) atoms. The lowest BCUT2D eigenvalue weighted by atomic mass is 10.3. The van der Waals surface area contributed by atoms with Crippen LogP contribution in [-0.4, -0.2) is 41.6 Å². The van der Waals surface area contributed by atoms with Gasteiger partial charge in [-0.05, 0) is 12.1 Å². The molecule has 1 N–H and O–H groups in total. The molecular weight excluding hydrogens is 268 g/mol. The normalized spacial score (nSPS) is 11.1. The zero-order valence-electron chi connectivity index (χ0n) is 11.2. The van der Waals surface area contributed by atoms with Crippen molar-refractivity contribution in [3.8, 4) is 0 Å². The van der Waals surface area contributed by atoms with Crippen LogP contribution in [0.25, 0.3) is 0 Å². The van der Waals surface area contributed by atoms with Crippen LogP contribution in [0.4, 0.5) is 5.69 Å². The van der Waals surface area contributed by atoms with Crippen LogP contribution in [-0.2, 0) is 19.6 Å². The Labute approximate surface area is 113 Å². The van der Waals surface area contributed by atoms with E-state index in [0.717, 1.165) is 0 Å². The number of carbonyl (C=O) groups is 1. The van der Waals surface area contributed by atoms with Gasteiger partial charge >= 0.3 is 5.97 Å². The summed E-state index contributed by atoms with van der Waals surface area (Å²) in [5.74, 6) is -0.432. The second-order valence-corrected chi connectivity index (χ2v) is 5.64. The van der Waals surface area contributed by atoms with Crippen molar-refractivity contribution < 1.29 is 17.9 Å². The van der Waals surface area contributed by atoms with Crippen LogP contribution in [0.3, 0.4) is 0 Å². The summed E-state index contributed by atoms with van der Waals surface area (Å²) in [6.45, 7) is 1.99. The van der Waals surface area contributed by atoms with Gasteiger partial charge in [-0.1, -0.05) is 19.1 Å². The maximum Gasteiger partial charge on any atom is 0.325 e. The van der Waals surface area contributed by atoms with Crippen molar-refractivity contribution in [3.63, 3.8) is 0 Å². The molecule has 0 bridgehead atoms. The van der Waals surface area contributed by atoms with Crippen LogP contribution < -0.4 is 9.62 Å². The standard InChI is InChI=1S/C12H18N2O4S/c1-4-13-19(16,17)11-8-6-5-7-10(11)14(2)9-12(15)18-3/h5-8,13H,4,9H2,1-3H3. The molecule has 0 heterocycles. The third-order valence-corrected chi connectivity index (χ3v) is 4.09. The van der Waals surface area contributed by atoms with E-state index < -0.39 is 16.0 Å². The summed E-state index contributed by atoms with van der Waals surface area (Å²) in [5, 5.41) is 0. The minimum absolute atomic E-state index is 0.0187. The fourth-order valence-corrected chi connectivity index (χ4v) is 2.90. The quantitative estimate of drug-likeness (QED) is 0.775. The van der Waals surface area contributed by atoms with Crippen LogP contribution in [0.15, 0.2) is 29.2 Å². The predicted octanol–water partition coefficient (Wildman–Crippen LogP) is 0.594. The lowest BCUT2D eigenvalue weighted by Gasteiger charge is -2.21. The van der Waals surface area contributed by atoms with Crippen molar-refractivity contribution in [2.24, 2.45) is 0 Å². The van der Waals surface area contributed by atoms with Gasteiger partial charge in [0.1, 0.15) is 11.4 Å². The molecule has 0 saturated heterocycles. The lowest BCUT2D eigenvalue weighted by molar-refractivity contribution is -0.138. The molecule has 1 aromatic carbocycles. The highest BCUT2D eigenvalue weighted by molar-refractivity contribution is 7.89. The zero-order chi connectivity index (χ0) is 14.5. The van der Waals surface area contributed by atoms with Gasteiger partial charge in [0.25, 0.3) is 0 Å². The SMILES string of the molecule is CCNS(=O)(=O)c1ccccc1N(C)CC(=O)OC. The average Bonchev–Trinajstić information content (AvgIpc) is 2.38. The highest BCUT2D eigenvalue weighted by atomic mass is 32.2. The van der Waals surface area contributed by atoms with Crippen molar-refractivity contribution in [1.82, 2.24) is 4.72 Å². The number of ether oxygens (including phenoxy) is 1. The van der Waals surface area contributed by atoms with Gasteiger partial charge in [0.2, 0.25) is 10.0 Å². The van der Waals surface area contributed by atoms with E-state index in [1.54, 1.807) is 32.2 Å². The number of para-hydroxylation sites is 1. The van der Waals surface area contributed by atoms with Gasteiger partial charge < -0.3 is 9.64 Å². The molecule has 0 saturated carbocycles. The van der Waals surface area contributed by atoms with Gasteiger partial charge in [-0.15, -0.1) is 0 Å². The third kappa shape index (κ3) is 3.93. The first kappa shape index (κ1) is 15.5. The molecule has 7 heteroatoms. The van der Waals surface area contributed by atoms with Crippen LogP contribution in [0, 0.1) is 0 Å². The molecule has 0 fully saturated rings. The maximum absolute atomic E-state index is 12.1. The molecule has 0 amide bonds. The summed E-state index contributed by atoms with van der Waals surface area (Å²) < 4.78 is 31.1. The molecule has 0 radical (unpaired) electrons. The Morgan fingerprint density at radius 1 is 1.37 bits per heavy atom. The lowest BCUT2D eigenvalue weighted by Crippen LogP contribution is -2.30. The Balaban J connectivity index is 3.12. The topological polar surface area (TPSA) is 75.7 Å². The number of hydrogen-bond acceptors (Lipinski definition) is 5. The number of esters is 1. The van der Waals surface area contributed by atoms with Gasteiger partial charge in [0, 0.05) is 13.6 Å². The fraction of sp³-hybridized carbons (Fsp3) is 0.417. The molecule has 0 atom stereocenters. The molecule has 1 aromatic rings. The first-order valence-electron chi connectivity index (χ1n) is 5.79. The Bertz CT molecular complexity index is 542. The number of methoxy groups -OCH3 is 1. The number of nitrogens with zero attached hydrogens (tertiary/aromatic N) is 1. The molecule has 0 unspecified atom stereocenters. The van der Waals surface area contributed by atoms with E-state index in [1.807, 2.05) is 0 Å². The van der Waals surface area contributed by atoms with Gasteiger partial charge in [-0.3, -0.25) is 4.79 Å². The van der Waals surface area contributed by atoms with Crippen molar-refractivity contribution in [2.75, 3.05) is 32.1 Å². The number of anilines is 1. The Morgan fingerprint density at radius 3 is 2.58 bits per heavy atom. The molecule has 6 nitrogen and oxygen atoms in total. The Kier molecular flexibility index (Phi) is 5.31. The monoisotopic (exact) mass is 286 g/mol. The van der Waals surface area contributed by atoms with Gasteiger partial charge in [0.15, 0.2) is 0 Å². The highest BCUT2D eigenvalue weighted by Crippen LogP contribution is 2.23. The summed E-state index contributed by atoms with van der Waals surface area (Å²) in [5.41, 5.74) is 0.453. The van der Waals surface area contributed by atoms with E-state index in [2.05, 4.69) is 9.46 Å². The summed E-state index contributed by atoms with van der Waals surface area (Å²) >= 11 is 0. The largest absolute Gasteiger partial charge is 0.468 e. The number of nitrogens with one attached hydrogen (secondary N) is 1. The number of rotatable bonds is 6. The van der Waals surface area contributed by atoms with Crippen LogP contribution in [0.1, 0.15) is 6.92 Å². The molecule has 0 aliphatic carbocycles. The number of carbonyl (C=O) groups excluding carboxylic acids is 1. The molecule has 106 valence electrons. The van der Waals surface area contributed by atoms with E-state index in [0.29, 0.717) is 12.2 Å². The number of benzene rings is 1. The minimum Gasteiger partial charge on any atom is -0.468 e. The zero-order valence-corrected chi connectivity index (χ0v) is 12.0. The van der Waals surface area contributed by atoms with E-state index >= 15 is 0 Å². The summed E-state index contributed by atoms with van der Waals surface area (Å²) in [7, 11) is -0.647. The minimum atomic E-state index is -3.57. The smallest absolute Gasteiger partial charge is 0.325 e. The second-order valence-electron chi connectivity index (χ2n) is 3.90. The summed E-state index contributed by atoms with van der Waals surface area (Å²) in [4.78, 5) is 12.9. The molecule has 1 rings (SSSR count). The van der Waals surface area contributed by atoms with Gasteiger partial charge in [-0.25, -0.2) is 13.1 Å². The van der Waals surface area contributed by atoms with Crippen LogP contribution in [0.2, 0.25) is 0 Å². The predicted molar refractivity (Wildman–Crippen MR) is 72.6 cm³/mol. The number of sulfonamides is 1. The van der Waals surface area contributed by atoms with Gasteiger partial charge in [-0.2, -0.15) is 0 Å². The summed E-state index contributed by atoms with van der Waals surface area (Å²) in [6.07, 6.45) is 0. The molecule has 0 spiro atoms. The first-order valence-corrected chi connectivity index (χ1v) is 7.27.